The SMILES string of the molecule is CC(C)(O)/C=C/C(=O)[C@](C)(O)[C@H]1[C@H](O)C[C@@]2(C)[C@@H]3CC=C4[C@@H](C[C@H](O)C(=O)C4(C)C)[C@]3(C)C(=O)C[C@]12C. The van der Waals surface area contributed by atoms with Gasteiger partial charge in [-0.05, 0) is 82.6 Å². The fourth-order valence-corrected chi connectivity index (χ4v) is 9.00. The molecular formula is C30H44O7. The van der Waals surface area contributed by atoms with Crippen LogP contribution in [0.5, 0.6) is 0 Å². The molecule has 0 spiro atoms. The summed E-state index contributed by atoms with van der Waals surface area (Å²) in [5.74, 6) is -2.24. The Labute approximate surface area is 220 Å². The molecule has 0 bridgehead atoms. The number of hydrogen-bond donors (Lipinski definition) is 4. The van der Waals surface area contributed by atoms with Gasteiger partial charge in [0.25, 0.3) is 0 Å². The highest BCUT2D eigenvalue weighted by Gasteiger charge is 2.74. The molecule has 0 heterocycles. The van der Waals surface area contributed by atoms with E-state index in [1.807, 2.05) is 27.7 Å². The van der Waals surface area contributed by atoms with Crippen molar-refractivity contribution in [3.8, 4) is 0 Å². The van der Waals surface area contributed by atoms with E-state index in [1.165, 1.54) is 32.9 Å². The minimum atomic E-state index is -1.95. The third-order valence-electron chi connectivity index (χ3n) is 11.1. The van der Waals surface area contributed by atoms with Gasteiger partial charge in [-0.15, -0.1) is 0 Å². The third-order valence-corrected chi connectivity index (χ3v) is 11.1. The van der Waals surface area contributed by atoms with Crippen LogP contribution in [-0.4, -0.2) is 61.2 Å². The number of allylic oxidation sites excluding steroid dienone is 2. The van der Waals surface area contributed by atoms with E-state index in [0.29, 0.717) is 12.8 Å². The molecule has 0 aliphatic heterocycles. The Bertz CT molecular complexity index is 1090. The molecule has 0 radical (unpaired) electrons. The lowest BCUT2D eigenvalue weighted by molar-refractivity contribution is -0.183. The summed E-state index contributed by atoms with van der Waals surface area (Å²) in [6, 6.07) is 0. The van der Waals surface area contributed by atoms with Crippen molar-refractivity contribution in [3.63, 3.8) is 0 Å². The fraction of sp³-hybridized carbons (Fsp3) is 0.767. The summed E-state index contributed by atoms with van der Waals surface area (Å²) in [5.41, 5.74) is -5.46. The summed E-state index contributed by atoms with van der Waals surface area (Å²) in [4.78, 5) is 40.2. The van der Waals surface area contributed by atoms with Crippen LogP contribution < -0.4 is 0 Å². The molecule has 4 rings (SSSR count). The highest BCUT2D eigenvalue weighted by molar-refractivity contribution is 5.98. The molecule has 4 aliphatic carbocycles. The number of carbonyl (C=O) groups excluding carboxylic acids is 3. The van der Waals surface area contributed by atoms with E-state index in [1.54, 1.807) is 0 Å². The molecule has 0 aromatic heterocycles. The molecule has 0 aromatic rings. The number of aliphatic hydroxyl groups excluding tert-OH is 2. The third kappa shape index (κ3) is 3.71. The van der Waals surface area contributed by atoms with Gasteiger partial charge >= 0.3 is 0 Å². The predicted octanol–water partition coefficient (Wildman–Crippen LogP) is 2.93. The Morgan fingerprint density at radius 3 is 2.19 bits per heavy atom. The van der Waals surface area contributed by atoms with Gasteiger partial charge in [-0.3, -0.25) is 14.4 Å². The zero-order chi connectivity index (χ0) is 28.1. The van der Waals surface area contributed by atoms with Crippen molar-refractivity contribution in [2.75, 3.05) is 0 Å². The van der Waals surface area contributed by atoms with Crippen molar-refractivity contribution in [3.05, 3.63) is 23.8 Å². The molecule has 0 aromatic carbocycles. The summed E-state index contributed by atoms with van der Waals surface area (Å²) < 4.78 is 0. The zero-order valence-corrected chi connectivity index (χ0v) is 23.5. The first-order valence-electron chi connectivity index (χ1n) is 13.5. The van der Waals surface area contributed by atoms with Gasteiger partial charge in [-0.2, -0.15) is 0 Å². The molecule has 206 valence electrons. The normalized spacial score (nSPS) is 45.1. The number of ketones is 3. The minimum absolute atomic E-state index is 0.0141. The Morgan fingerprint density at radius 1 is 1.03 bits per heavy atom. The van der Waals surface area contributed by atoms with Gasteiger partial charge in [-0.1, -0.05) is 38.5 Å². The van der Waals surface area contributed by atoms with Gasteiger partial charge in [0, 0.05) is 23.2 Å². The molecule has 0 saturated heterocycles. The Kier molecular flexibility index (Phi) is 6.26. The van der Waals surface area contributed by atoms with Crippen LogP contribution in [0.2, 0.25) is 0 Å². The average Bonchev–Trinajstić information content (AvgIpc) is 2.96. The van der Waals surface area contributed by atoms with Crippen LogP contribution in [0.15, 0.2) is 23.8 Å². The molecule has 7 nitrogen and oxygen atoms in total. The van der Waals surface area contributed by atoms with Crippen LogP contribution in [0.4, 0.5) is 0 Å². The molecule has 9 atom stereocenters. The van der Waals surface area contributed by atoms with Crippen LogP contribution in [0.1, 0.15) is 81.1 Å². The average molecular weight is 517 g/mol. The van der Waals surface area contributed by atoms with Crippen LogP contribution in [0.25, 0.3) is 0 Å². The van der Waals surface area contributed by atoms with Gasteiger partial charge < -0.3 is 20.4 Å². The standard InChI is InChI=1S/C30H44O7/c1-25(2,36)12-11-21(33)30(8,37)23-19(32)14-27(5)20-10-9-16-17(13-18(31)24(35)26(16,3)4)29(20,7)22(34)15-28(23,27)6/h9,11-12,17-20,23,31-32,36-37H,10,13-15H2,1-8H3/b12-11+/t17-,18+,19-,20+,23+,27+,28-,29+,30+/m1/s1. The monoisotopic (exact) mass is 516 g/mol. The highest BCUT2D eigenvalue weighted by atomic mass is 16.3. The van der Waals surface area contributed by atoms with Crippen molar-refractivity contribution >= 4 is 17.3 Å². The number of hydrogen-bond acceptors (Lipinski definition) is 7. The van der Waals surface area contributed by atoms with Crippen molar-refractivity contribution in [1.29, 1.82) is 0 Å². The van der Waals surface area contributed by atoms with Gasteiger partial charge in [0.15, 0.2) is 11.6 Å². The van der Waals surface area contributed by atoms with E-state index in [9.17, 15) is 34.8 Å². The topological polar surface area (TPSA) is 132 Å². The molecule has 4 N–H and O–H groups in total. The Balaban J connectivity index is 1.80. The van der Waals surface area contributed by atoms with E-state index in [-0.39, 0.29) is 36.2 Å². The lowest BCUT2D eigenvalue weighted by atomic mass is 9.38. The zero-order valence-electron chi connectivity index (χ0n) is 23.5. The Hall–Kier alpha value is -1.67. The van der Waals surface area contributed by atoms with Crippen molar-refractivity contribution < 1.29 is 34.8 Å². The molecule has 0 amide bonds. The molecule has 4 aliphatic rings. The van der Waals surface area contributed by atoms with Crippen molar-refractivity contribution in [1.82, 2.24) is 0 Å². The Morgan fingerprint density at radius 2 is 1.62 bits per heavy atom. The largest absolute Gasteiger partial charge is 0.393 e. The van der Waals surface area contributed by atoms with Crippen LogP contribution in [0, 0.1) is 39.4 Å². The maximum Gasteiger partial charge on any atom is 0.187 e. The lowest BCUT2D eigenvalue weighted by Gasteiger charge is -2.64. The van der Waals surface area contributed by atoms with Crippen molar-refractivity contribution in [2.24, 2.45) is 39.4 Å². The van der Waals surface area contributed by atoms with E-state index in [4.69, 9.17) is 0 Å². The summed E-state index contributed by atoms with van der Waals surface area (Å²) in [6.07, 6.45) is 3.54. The fourth-order valence-electron chi connectivity index (χ4n) is 9.00. The van der Waals surface area contributed by atoms with E-state index < -0.39 is 56.8 Å². The number of carbonyl (C=O) groups is 3. The first-order chi connectivity index (χ1) is 16.7. The molecule has 7 heteroatoms. The van der Waals surface area contributed by atoms with E-state index in [0.717, 1.165) is 5.57 Å². The summed E-state index contributed by atoms with van der Waals surface area (Å²) in [6.45, 7) is 14.0. The first kappa shape index (κ1) is 28.3. The maximum absolute atomic E-state index is 14.2. The molecule has 0 unspecified atom stereocenters. The summed E-state index contributed by atoms with van der Waals surface area (Å²) in [5, 5.41) is 43.7. The van der Waals surface area contributed by atoms with Crippen LogP contribution in [-0.2, 0) is 14.4 Å². The second-order valence-electron chi connectivity index (χ2n) is 14.2. The molecule has 3 fully saturated rings. The molecule has 37 heavy (non-hydrogen) atoms. The molecule has 3 saturated carbocycles. The molecular weight excluding hydrogens is 472 g/mol. The number of aliphatic hydroxyl groups is 4. The lowest BCUT2D eigenvalue weighted by Crippen LogP contribution is -2.65. The minimum Gasteiger partial charge on any atom is -0.393 e. The quantitative estimate of drug-likeness (QED) is 0.334. The van der Waals surface area contributed by atoms with Crippen molar-refractivity contribution in [2.45, 2.75) is 104 Å². The number of Topliss-reactive ketones (excluding diaryl/α,β-unsaturated/α-hetero) is 2. The second-order valence-corrected chi connectivity index (χ2v) is 14.2. The summed E-state index contributed by atoms with van der Waals surface area (Å²) >= 11 is 0. The van der Waals surface area contributed by atoms with E-state index in [2.05, 4.69) is 13.0 Å². The van der Waals surface area contributed by atoms with E-state index >= 15 is 0 Å². The van der Waals surface area contributed by atoms with Gasteiger partial charge in [0.2, 0.25) is 0 Å². The number of rotatable bonds is 4. The smallest absolute Gasteiger partial charge is 0.187 e. The summed E-state index contributed by atoms with van der Waals surface area (Å²) in [7, 11) is 0. The maximum atomic E-state index is 14.2. The van der Waals surface area contributed by atoms with Crippen LogP contribution >= 0.6 is 0 Å². The van der Waals surface area contributed by atoms with Gasteiger partial charge in [0.05, 0.1) is 11.7 Å². The first-order valence-corrected chi connectivity index (χ1v) is 13.5. The highest BCUT2D eigenvalue weighted by Crippen LogP contribution is 2.74. The van der Waals surface area contributed by atoms with Gasteiger partial charge in [-0.25, -0.2) is 0 Å². The van der Waals surface area contributed by atoms with Crippen LogP contribution in [0.3, 0.4) is 0 Å². The predicted molar refractivity (Wildman–Crippen MR) is 138 cm³/mol. The number of fused-ring (bicyclic) bond motifs is 5. The van der Waals surface area contributed by atoms with Gasteiger partial charge in [0.1, 0.15) is 17.5 Å². The second kappa shape index (κ2) is 8.17.